The van der Waals surface area contributed by atoms with Crippen molar-refractivity contribution >= 4 is 44.9 Å². The maximum atomic E-state index is 13.1. The number of aliphatic carboxylic acids is 1. The maximum absolute atomic E-state index is 13.1. The molecule has 0 bridgehead atoms. The van der Waals surface area contributed by atoms with Crippen molar-refractivity contribution in [1.29, 1.82) is 0 Å². The summed E-state index contributed by atoms with van der Waals surface area (Å²) < 4.78 is 39.6. The van der Waals surface area contributed by atoms with Crippen LogP contribution < -0.4 is 4.31 Å². The van der Waals surface area contributed by atoms with E-state index >= 15 is 0 Å². The Morgan fingerprint density at radius 2 is 1.71 bits per heavy atom. The Morgan fingerprint density at radius 3 is 2.21 bits per heavy atom. The molecule has 2 aromatic carbocycles. The lowest BCUT2D eigenvalue weighted by Crippen LogP contribution is -2.43. The quantitative estimate of drug-likeness (QED) is 0.840. The zero-order chi connectivity index (χ0) is 18.1. The Balaban J connectivity index is 2.62. The number of carbonyl (C=O) groups is 1. The van der Waals surface area contributed by atoms with Crippen LogP contribution in [0.3, 0.4) is 0 Å². The molecule has 0 aliphatic carbocycles. The van der Waals surface area contributed by atoms with Gasteiger partial charge in [0.25, 0.3) is 10.0 Å². The number of rotatable bonds is 5. The third-order valence-corrected chi connectivity index (χ3v) is 5.87. The van der Waals surface area contributed by atoms with Crippen molar-refractivity contribution in [3.8, 4) is 0 Å². The first-order chi connectivity index (χ1) is 11.1. The molecule has 5 nitrogen and oxygen atoms in total. The molecule has 2 rings (SSSR count). The number of anilines is 1. The Morgan fingerprint density at radius 1 is 1.12 bits per heavy atom. The van der Waals surface area contributed by atoms with Crippen LogP contribution in [0.25, 0.3) is 0 Å². The maximum Gasteiger partial charge on any atom is 0.327 e. The lowest BCUT2D eigenvalue weighted by atomic mass is 10.2. The van der Waals surface area contributed by atoms with E-state index in [1.54, 1.807) is 0 Å². The van der Waals surface area contributed by atoms with E-state index in [0.717, 1.165) is 18.2 Å². The van der Waals surface area contributed by atoms with Crippen LogP contribution in [0.1, 0.15) is 6.92 Å². The van der Waals surface area contributed by atoms with Gasteiger partial charge in [-0.1, -0.05) is 23.2 Å². The number of benzene rings is 2. The molecule has 9 heteroatoms. The molecule has 0 spiro atoms. The largest absolute Gasteiger partial charge is 0.480 e. The predicted molar refractivity (Wildman–Crippen MR) is 89.6 cm³/mol. The van der Waals surface area contributed by atoms with Crippen LogP contribution >= 0.6 is 23.2 Å². The van der Waals surface area contributed by atoms with Crippen LogP contribution in [0.5, 0.6) is 0 Å². The van der Waals surface area contributed by atoms with E-state index in [-0.39, 0.29) is 20.6 Å². The molecule has 0 fully saturated rings. The van der Waals surface area contributed by atoms with Crippen LogP contribution in [0.4, 0.5) is 10.1 Å². The summed E-state index contributed by atoms with van der Waals surface area (Å²) in [6, 6.07) is 6.68. The molecular weight excluding hydrogens is 380 g/mol. The Hall–Kier alpha value is -1.83. The number of halogens is 3. The summed E-state index contributed by atoms with van der Waals surface area (Å²) in [7, 11) is -4.26. The molecule has 0 aliphatic rings. The number of hydrogen-bond donors (Lipinski definition) is 1. The van der Waals surface area contributed by atoms with Gasteiger partial charge in [-0.2, -0.15) is 0 Å². The molecule has 0 amide bonds. The van der Waals surface area contributed by atoms with E-state index in [9.17, 15) is 22.7 Å². The van der Waals surface area contributed by atoms with Crippen molar-refractivity contribution in [3.63, 3.8) is 0 Å². The minimum atomic E-state index is -4.26. The highest BCUT2D eigenvalue weighted by atomic mass is 35.5. The molecule has 0 aliphatic heterocycles. The summed E-state index contributed by atoms with van der Waals surface area (Å²) in [5.74, 6) is -1.93. The van der Waals surface area contributed by atoms with E-state index in [2.05, 4.69) is 0 Å². The fraction of sp³-hybridized carbons (Fsp3) is 0.133. The Bertz CT molecular complexity index is 872. The van der Waals surface area contributed by atoms with Crippen molar-refractivity contribution in [2.45, 2.75) is 17.9 Å². The number of carboxylic acid groups (broad SMARTS) is 1. The molecule has 1 N–H and O–H groups in total. The lowest BCUT2D eigenvalue weighted by molar-refractivity contribution is -0.137. The van der Waals surface area contributed by atoms with E-state index < -0.39 is 27.9 Å². The molecule has 0 radical (unpaired) electrons. The zero-order valence-electron chi connectivity index (χ0n) is 12.3. The van der Waals surface area contributed by atoms with Gasteiger partial charge in [0.2, 0.25) is 0 Å². The average Bonchev–Trinajstić information content (AvgIpc) is 2.51. The second-order valence-corrected chi connectivity index (χ2v) is 7.50. The smallest absolute Gasteiger partial charge is 0.327 e. The van der Waals surface area contributed by atoms with E-state index in [4.69, 9.17) is 23.2 Å². The second-order valence-electron chi connectivity index (χ2n) is 4.87. The molecule has 0 saturated carbocycles. The molecule has 0 aromatic heterocycles. The third kappa shape index (κ3) is 3.63. The Labute approximate surface area is 148 Å². The SMILES string of the molecule is CC(C(=O)O)N(c1ccc(F)cc1)S(=O)(=O)c1ccc(Cl)c(Cl)c1. The van der Waals surface area contributed by atoms with E-state index in [1.165, 1.54) is 31.2 Å². The first-order valence-corrected chi connectivity index (χ1v) is 8.82. The van der Waals surface area contributed by atoms with Gasteiger partial charge in [0.1, 0.15) is 11.9 Å². The third-order valence-electron chi connectivity index (χ3n) is 3.24. The monoisotopic (exact) mass is 391 g/mol. The molecule has 1 atom stereocenters. The van der Waals surface area contributed by atoms with Crippen molar-refractivity contribution in [2.75, 3.05) is 4.31 Å². The van der Waals surface area contributed by atoms with Crippen molar-refractivity contribution < 1.29 is 22.7 Å². The Kier molecular flexibility index (Phi) is 5.37. The summed E-state index contributed by atoms with van der Waals surface area (Å²) in [6.45, 7) is 1.21. The standard InChI is InChI=1S/C15H12Cl2FNO4S/c1-9(15(20)21)19(11-4-2-10(18)3-5-11)24(22,23)12-6-7-13(16)14(17)8-12/h2-9H,1H3,(H,20,21). The average molecular weight is 392 g/mol. The van der Waals surface area contributed by atoms with Gasteiger partial charge >= 0.3 is 5.97 Å². The highest BCUT2D eigenvalue weighted by Crippen LogP contribution is 2.30. The van der Waals surface area contributed by atoms with Crippen LogP contribution in [0.2, 0.25) is 10.0 Å². The fourth-order valence-corrected chi connectivity index (χ4v) is 4.01. The highest BCUT2D eigenvalue weighted by Gasteiger charge is 2.33. The summed E-state index contributed by atoms with van der Waals surface area (Å²) >= 11 is 11.6. The molecule has 0 heterocycles. The van der Waals surface area contributed by atoms with E-state index in [1.807, 2.05) is 0 Å². The van der Waals surface area contributed by atoms with Gasteiger partial charge < -0.3 is 5.11 Å². The number of hydrogen-bond acceptors (Lipinski definition) is 3. The lowest BCUT2D eigenvalue weighted by Gasteiger charge is -2.28. The summed E-state index contributed by atoms with van der Waals surface area (Å²) in [4.78, 5) is 11.1. The van der Waals surface area contributed by atoms with Gasteiger partial charge in [-0.15, -0.1) is 0 Å². The summed E-state index contributed by atoms with van der Waals surface area (Å²) in [5, 5.41) is 9.43. The van der Waals surface area contributed by atoms with Crippen LogP contribution in [0.15, 0.2) is 47.4 Å². The number of nitrogens with zero attached hydrogens (tertiary/aromatic N) is 1. The van der Waals surface area contributed by atoms with Gasteiger partial charge in [0.05, 0.1) is 20.6 Å². The molecule has 1 unspecified atom stereocenters. The fourth-order valence-electron chi connectivity index (χ4n) is 2.01. The molecule has 0 saturated heterocycles. The van der Waals surface area contributed by atoms with Crippen LogP contribution in [-0.2, 0) is 14.8 Å². The minimum Gasteiger partial charge on any atom is -0.480 e. The number of carboxylic acids is 1. The van der Waals surface area contributed by atoms with Crippen LogP contribution in [0, 0.1) is 5.82 Å². The first-order valence-electron chi connectivity index (χ1n) is 6.62. The topological polar surface area (TPSA) is 74.7 Å². The van der Waals surface area contributed by atoms with Crippen molar-refractivity contribution in [3.05, 3.63) is 58.3 Å². The zero-order valence-corrected chi connectivity index (χ0v) is 14.6. The normalized spacial score (nSPS) is 12.7. The minimum absolute atomic E-state index is 0.0115. The van der Waals surface area contributed by atoms with Gasteiger partial charge in [-0.05, 0) is 49.4 Å². The second kappa shape index (κ2) is 6.96. The molecular formula is C15H12Cl2FNO4S. The summed E-state index contributed by atoms with van der Waals surface area (Å²) in [6.07, 6.45) is 0. The van der Waals surface area contributed by atoms with Gasteiger partial charge in [0, 0.05) is 0 Å². The van der Waals surface area contributed by atoms with Gasteiger partial charge in [-0.25, -0.2) is 17.6 Å². The van der Waals surface area contributed by atoms with Crippen molar-refractivity contribution in [1.82, 2.24) is 0 Å². The van der Waals surface area contributed by atoms with Gasteiger partial charge in [-0.3, -0.25) is 4.31 Å². The molecule has 24 heavy (non-hydrogen) atoms. The van der Waals surface area contributed by atoms with Gasteiger partial charge in [0.15, 0.2) is 0 Å². The first kappa shape index (κ1) is 18.5. The predicted octanol–water partition coefficient (Wildman–Crippen LogP) is 3.80. The summed E-state index contributed by atoms with van der Waals surface area (Å²) in [5.41, 5.74) is 0.0115. The highest BCUT2D eigenvalue weighted by molar-refractivity contribution is 7.93. The van der Waals surface area contributed by atoms with E-state index in [0.29, 0.717) is 4.31 Å². The van der Waals surface area contributed by atoms with Crippen molar-refractivity contribution in [2.24, 2.45) is 0 Å². The molecule has 128 valence electrons. The number of sulfonamides is 1. The van der Waals surface area contributed by atoms with Crippen LogP contribution in [-0.4, -0.2) is 25.5 Å². The molecule has 2 aromatic rings.